The van der Waals surface area contributed by atoms with Crippen molar-refractivity contribution in [2.45, 2.75) is 31.0 Å². The van der Waals surface area contributed by atoms with E-state index >= 15 is 0 Å². The Kier molecular flexibility index (Phi) is 6.66. The van der Waals surface area contributed by atoms with Crippen molar-refractivity contribution in [3.05, 3.63) is 100 Å². The number of hydrogen-bond donors (Lipinski definition) is 4. The Balaban J connectivity index is 1.43. The number of aliphatic carboxylic acids is 1. The van der Waals surface area contributed by atoms with E-state index in [0.717, 1.165) is 27.1 Å². The fourth-order valence-corrected chi connectivity index (χ4v) is 6.02. The molecule has 1 aromatic heterocycles. The smallest absolute Gasteiger partial charge is 0.332 e. The standard InChI is InChI=1S/C30H24ClN5O6/c31-16-7-5-6-15(12-16)26-25-19(17-8-1-3-10-20(17)33-25)13-23-28(39)36(30(42)35(23)26)22-11-4-2-9-18(22)27(38)34-21(29(40)41)14-24(32)37/h1-12,21,23,26,33H,13-14H2,(H2,32,37)(H,34,38)(H,40,41). The number of anilines is 1. The van der Waals surface area contributed by atoms with Gasteiger partial charge in [-0.25, -0.2) is 14.5 Å². The van der Waals surface area contributed by atoms with Crippen LogP contribution in [-0.4, -0.2) is 56.8 Å². The van der Waals surface area contributed by atoms with Gasteiger partial charge in [0.05, 0.1) is 17.7 Å². The van der Waals surface area contributed by atoms with Crippen LogP contribution in [0.15, 0.2) is 72.8 Å². The van der Waals surface area contributed by atoms with E-state index in [1.165, 1.54) is 23.1 Å². The van der Waals surface area contributed by atoms with Gasteiger partial charge in [0.2, 0.25) is 5.91 Å². The molecule has 2 aliphatic heterocycles. The number of benzene rings is 3. The van der Waals surface area contributed by atoms with Gasteiger partial charge in [0.15, 0.2) is 0 Å². The molecule has 0 bridgehead atoms. The Morgan fingerprint density at radius 2 is 1.79 bits per heavy atom. The zero-order valence-corrected chi connectivity index (χ0v) is 22.7. The number of urea groups is 1. The number of rotatable bonds is 7. The summed E-state index contributed by atoms with van der Waals surface area (Å²) >= 11 is 6.35. The zero-order valence-electron chi connectivity index (χ0n) is 21.9. The van der Waals surface area contributed by atoms with Crippen LogP contribution in [0.3, 0.4) is 0 Å². The van der Waals surface area contributed by atoms with Gasteiger partial charge in [-0.05, 0) is 41.5 Å². The van der Waals surface area contributed by atoms with E-state index in [9.17, 15) is 29.1 Å². The normalized spacial score (nSPS) is 18.5. The molecule has 3 unspecified atom stereocenters. The number of nitrogens with two attached hydrogens (primary N) is 1. The molecule has 3 heterocycles. The van der Waals surface area contributed by atoms with Crippen LogP contribution in [0.2, 0.25) is 5.02 Å². The molecule has 1 fully saturated rings. The Bertz CT molecular complexity index is 1800. The van der Waals surface area contributed by atoms with Gasteiger partial charge in [0.25, 0.3) is 11.8 Å². The monoisotopic (exact) mass is 585 g/mol. The molecule has 0 aliphatic carbocycles. The topological polar surface area (TPSA) is 166 Å². The molecule has 212 valence electrons. The number of H-pyrrole nitrogens is 1. The number of nitrogens with one attached hydrogen (secondary N) is 2. The number of carboxylic acid groups (broad SMARTS) is 1. The molecule has 42 heavy (non-hydrogen) atoms. The van der Waals surface area contributed by atoms with Gasteiger partial charge in [-0.3, -0.25) is 19.3 Å². The van der Waals surface area contributed by atoms with Crippen molar-refractivity contribution < 1.29 is 29.1 Å². The molecular weight excluding hydrogens is 562 g/mol. The third-order valence-corrected chi connectivity index (χ3v) is 7.85. The summed E-state index contributed by atoms with van der Waals surface area (Å²) in [7, 11) is 0. The van der Waals surface area contributed by atoms with Crippen molar-refractivity contribution in [3.8, 4) is 0 Å². The predicted molar refractivity (Wildman–Crippen MR) is 153 cm³/mol. The van der Waals surface area contributed by atoms with Crippen molar-refractivity contribution >= 4 is 57.9 Å². The summed E-state index contributed by atoms with van der Waals surface area (Å²) in [6.45, 7) is 0. The van der Waals surface area contributed by atoms with Gasteiger partial charge in [-0.2, -0.15) is 0 Å². The van der Waals surface area contributed by atoms with E-state index in [4.69, 9.17) is 17.3 Å². The first-order chi connectivity index (χ1) is 20.2. The summed E-state index contributed by atoms with van der Waals surface area (Å²) in [5.74, 6) is -3.79. The Hall–Kier alpha value is -5.16. The van der Waals surface area contributed by atoms with E-state index in [1.807, 2.05) is 30.3 Å². The first kappa shape index (κ1) is 27.0. The summed E-state index contributed by atoms with van der Waals surface area (Å²) in [5.41, 5.74) is 8.26. The van der Waals surface area contributed by atoms with Crippen molar-refractivity contribution in [1.82, 2.24) is 15.2 Å². The molecule has 2 aliphatic rings. The molecule has 4 aromatic rings. The highest BCUT2D eigenvalue weighted by molar-refractivity contribution is 6.30. The number of carboxylic acids is 1. The maximum absolute atomic E-state index is 14.2. The molecule has 12 heteroatoms. The molecule has 0 spiro atoms. The Morgan fingerprint density at radius 1 is 1.05 bits per heavy atom. The van der Waals surface area contributed by atoms with Crippen LogP contribution in [0.5, 0.6) is 0 Å². The van der Waals surface area contributed by atoms with Crippen LogP contribution in [0.1, 0.15) is 39.6 Å². The first-order valence-corrected chi connectivity index (χ1v) is 13.5. The number of imide groups is 1. The summed E-state index contributed by atoms with van der Waals surface area (Å²) in [6, 6.07) is 16.9. The van der Waals surface area contributed by atoms with Crippen LogP contribution in [0, 0.1) is 0 Å². The molecule has 3 aromatic carbocycles. The van der Waals surface area contributed by atoms with Gasteiger partial charge in [0.1, 0.15) is 18.1 Å². The van der Waals surface area contributed by atoms with Crippen LogP contribution < -0.4 is 16.0 Å². The van der Waals surface area contributed by atoms with Crippen LogP contribution in [0.4, 0.5) is 10.5 Å². The Morgan fingerprint density at radius 3 is 2.52 bits per heavy atom. The lowest BCUT2D eigenvalue weighted by Gasteiger charge is -2.36. The molecule has 5 amide bonds. The molecule has 5 N–H and O–H groups in total. The lowest BCUT2D eigenvalue weighted by atomic mass is 9.89. The second-order valence-corrected chi connectivity index (χ2v) is 10.6. The molecular formula is C30H24ClN5O6. The van der Waals surface area contributed by atoms with Crippen molar-refractivity contribution in [2.24, 2.45) is 5.73 Å². The van der Waals surface area contributed by atoms with E-state index < -0.39 is 54.3 Å². The number of aromatic nitrogens is 1. The lowest BCUT2D eigenvalue weighted by Crippen LogP contribution is -2.44. The highest BCUT2D eigenvalue weighted by atomic mass is 35.5. The van der Waals surface area contributed by atoms with Crippen LogP contribution in [0.25, 0.3) is 10.9 Å². The minimum absolute atomic E-state index is 0.0130. The lowest BCUT2D eigenvalue weighted by molar-refractivity contribution is -0.141. The highest BCUT2D eigenvalue weighted by Crippen LogP contribution is 2.45. The highest BCUT2D eigenvalue weighted by Gasteiger charge is 2.53. The number of carbonyl (C=O) groups excluding carboxylic acids is 4. The average Bonchev–Trinajstić information content (AvgIpc) is 3.45. The largest absolute Gasteiger partial charge is 0.480 e. The summed E-state index contributed by atoms with van der Waals surface area (Å²) in [6.07, 6.45) is -0.390. The minimum atomic E-state index is -1.59. The van der Waals surface area contributed by atoms with Crippen molar-refractivity contribution in [1.29, 1.82) is 0 Å². The van der Waals surface area contributed by atoms with Gasteiger partial charge in [0, 0.05) is 28.0 Å². The van der Waals surface area contributed by atoms with Crippen molar-refractivity contribution in [3.63, 3.8) is 0 Å². The number of hydrogen-bond acceptors (Lipinski definition) is 5. The molecule has 11 nitrogen and oxygen atoms in total. The van der Waals surface area contributed by atoms with E-state index in [0.29, 0.717) is 10.6 Å². The fourth-order valence-electron chi connectivity index (χ4n) is 5.82. The minimum Gasteiger partial charge on any atom is -0.480 e. The average molecular weight is 586 g/mol. The number of halogens is 1. The maximum Gasteiger partial charge on any atom is 0.332 e. The molecule has 6 rings (SSSR count). The Labute approximate surface area is 243 Å². The predicted octanol–water partition coefficient (Wildman–Crippen LogP) is 3.36. The number of primary amides is 1. The number of para-hydroxylation sites is 2. The molecule has 3 atom stereocenters. The number of aromatic amines is 1. The number of nitrogens with zero attached hydrogens (tertiary/aromatic N) is 2. The van der Waals surface area contributed by atoms with Crippen LogP contribution in [-0.2, 0) is 20.8 Å². The third kappa shape index (κ3) is 4.44. The fraction of sp³-hybridized carbons (Fsp3) is 0.167. The molecule has 0 saturated carbocycles. The van der Waals surface area contributed by atoms with Crippen LogP contribution >= 0.6 is 11.6 Å². The molecule has 1 saturated heterocycles. The van der Waals surface area contributed by atoms with Crippen molar-refractivity contribution in [2.75, 3.05) is 4.90 Å². The van der Waals surface area contributed by atoms with Gasteiger partial charge < -0.3 is 21.1 Å². The van der Waals surface area contributed by atoms with Gasteiger partial charge >= 0.3 is 12.0 Å². The van der Waals surface area contributed by atoms with E-state index in [1.54, 1.807) is 24.3 Å². The molecule has 0 radical (unpaired) electrons. The SMILES string of the molecule is NC(=O)CC(NC(=O)c1ccccc1N1C(=O)C2Cc3c([nH]c4ccccc34)C(c3cccc(Cl)c3)N2C1=O)C(=O)O. The second kappa shape index (κ2) is 10.3. The number of fused-ring (bicyclic) bond motifs is 4. The summed E-state index contributed by atoms with van der Waals surface area (Å²) < 4.78 is 0. The second-order valence-electron chi connectivity index (χ2n) is 10.2. The van der Waals surface area contributed by atoms with E-state index in [2.05, 4.69) is 10.3 Å². The maximum atomic E-state index is 14.2. The van der Waals surface area contributed by atoms with Gasteiger partial charge in [-0.1, -0.05) is 54.1 Å². The van der Waals surface area contributed by atoms with E-state index in [-0.39, 0.29) is 17.7 Å². The zero-order chi connectivity index (χ0) is 29.7. The summed E-state index contributed by atoms with van der Waals surface area (Å²) in [5, 5.41) is 13.1. The number of carbonyl (C=O) groups is 5. The quantitative estimate of drug-likeness (QED) is 0.243. The first-order valence-electron chi connectivity index (χ1n) is 13.1. The number of amides is 5. The van der Waals surface area contributed by atoms with Gasteiger partial charge in [-0.15, -0.1) is 0 Å². The summed E-state index contributed by atoms with van der Waals surface area (Å²) in [4.78, 5) is 70.4. The third-order valence-electron chi connectivity index (χ3n) is 7.61.